The fraction of sp³-hybridized carbons (Fsp3) is 0.444. The van der Waals surface area contributed by atoms with E-state index in [1.807, 2.05) is 31.6 Å². The third-order valence-electron chi connectivity index (χ3n) is 1.47. The lowest BCUT2D eigenvalue weighted by Crippen LogP contribution is -2.27. The molecule has 0 unspecified atom stereocenters. The van der Waals surface area contributed by atoms with Gasteiger partial charge in [0, 0.05) is 13.2 Å². The van der Waals surface area contributed by atoms with Crippen molar-refractivity contribution in [3.8, 4) is 0 Å². The van der Waals surface area contributed by atoms with Gasteiger partial charge in [-0.1, -0.05) is 0 Å². The molecular formula is C9H16N4O4. The van der Waals surface area contributed by atoms with Gasteiger partial charge in [0.15, 0.2) is 0 Å². The second-order valence-corrected chi connectivity index (χ2v) is 3.03. The lowest BCUT2D eigenvalue weighted by Gasteiger charge is -1.99. The summed E-state index contributed by atoms with van der Waals surface area (Å²) in [6.45, 7) is 1.99. The van der Waals surface area contributed by atoms with Gasteiger partial charge >= 0.3 is 12.2 Å². The molecule has 1 rings (SSSR count). The van der Waals surface area contributed by atoms with Crippen molar-refractivity contribution in [1.29, 1.82) is 0 Å². The molecule has 1 aromatic heterocycles. The van der Waals surface area contributed by atoms with Crippen molar-refractivity contribution in [3.05, 3.63) is 18.0 Å². The Morgan fingerprint density at radius 2 is 2.29 bits per heavy atom. The van der Waals surface area contributed by atoms with Gasteiger partial charge in [-0.3, -0.25) is 4.68 Å². The van der Waals surface area contributed by atoms with Crippen LogP contribution in [0, 0.1) is 6.92 Å². The zero-order valence-electron chi connectivity index (χ0n) is 9.71. The highest BCUT2D eigenvalue weighted by Gasteiger charge is 1.94. The maximum atomic E-state index is 9.87. The Hall–Kier alpha value is -2.25. The fourth-order valence-corrected chi connectivity index (χ4v) is 0.841. The molecule has 0 aliphatic rings. The second-order valence-electron chi connectivity index (χ2n) is 3.03. The third-order valence-corrected chi connectivity index (χ3v) is 1.47. The van der Waals surface area contributed by atoms with Crippen LogP contribution in [-0.4, -0.2) is 40.2 Å². The van der Waals surface area contributed by atoms with E-state index in [1.54, 1.807) is 4.68 Å². The van der Waals surface area contributed by atoms with Gasteiger partial charge in [0.25, 0.3) is 0 Å². The summed E-state index contributed by atoms with van der Waals surface area (Å²) in [7, 11) is 1.91. The van der Waals surface area contributed by atoms with Gasteiger partial charge < -0.3 is 20.9 Å². The van der Waals surface area contributed by atoms with E-state index in [1.165, 1.54) is 0 Å². The zero-order valence-corrected chi connectivity index (χ0v) is 9.71. The number of primary amides is 1. The van der Waals surface area contributed by atoms with Crippen molar-refractivity contribution >= 4 is 12.2 Å². The van der Waals surface area contributed by atoms with Crippen molar-refractivity contribution in [2.24, 2.45) is 12.8 Å². The van der Waals surface area contributed by atoms with E-state index in [0.717, 1.165) is 5.69 Å². The highest BCUT2D eigenvalue weighted by Crippen LogP contribution is 1.86. The van der Waals surface area contributed by atoms with E-state index in [9.17, 15) is 9.59 Å². The number of aryl methyl sites for hydroxylation is 2. The zero-order chi connectivity index (χ0) is 13.3. The number of aromatic nitrogens is 2. The molecule has 17 heavy (non-hydrogen) atoms. The maximum absolute atomic E-state index is 9.87. The fourth-order valence-electron chi connectivity index (χ4n) is 0.841. The molecule has 0 aliphatic carbocycles. The molecule has 8 heteroatoms. The van der Waals surface area contributed by atoms with Gasteiger partial charge in [-0.2, -0.15) is 5.10 Å². The number of hydrogen-bond donors (Lipinski definition) is 3. The molecule has 0 fully saturated rings. The van der Waals surface area contributed by atoms with Gasteiger partial charge in [-0.05, 0) is 13.0 Å². The largest absolute Gasteiger partial charge is 0.465 e. The summed E-state index contributed by atoms with van der Waals surface area (Å²) in [6.07, 6.45) is -0.143. The standard InChI is InChI=1S/C5H8N2.C4H8N2O4/c1-5-3-4-7(2)6-5;5-3(7)10-2-1-6-4(8)9/h3-4H,1-2H3;6H,1-2H2,(H2,5,7)(H,8,9). The molecule has 8 nitrogen and oxygen atoms in total. The molecule has 0 aliphatic heterocycles. The minimum Gasteiger partial charge on any atom is -0.465 e. The van der Waals surface area contributed by atoms with Gasteiger partial charge in [-0.15, -0.1) is 0 Å². The van der Waals surface area contributed by atoms with E-state index in [2.05, 4.69) is 15.6 Å². The van der Waals surface area contributed by atoms with Crippen LogP contribution in [0.5, 0.6) is 0 Å². The Balaban J connectivity index is 0.000000318. The summed E-state index contributed by atoms with van der Waals surface area (Å²) in [6, 6.07) is 1.97. The highest BCUT2D eigenvalue weighted by molar-refractivity contribution is 5.65. The Kier molecular flexibility index (Phi) is 6.91. The van der Waals surface area contributed by atoms with Crippen LogP contribution in [0.2, 0.25) is 0 Å². The van der Waals surface area contributed by atoms with Crippen LogP contribution in [0.3, 0.4) is 0 Å². The average Bonchev–Trinajstić information content (AvgIpc) is 2.58. The quantitative estimate of drug-likeness (QED) is 0.650. The topological polar surface area (TPSA) is 119 Å². The molecule has 0 atom stereocenters. The molecule has 0 aromatic carbocycles. The number of carboxylic acid groups (broad SMARTS) is 1. The average molecular weight is 244 g/mol. The maximum Gasteiger partial charge on any atom is 0.404 e. The molecule has 1 heterocycles. The first-order valence-corrected chi connectivity index (χ1v) is 4.77. The summed E-state index contributed by atoms with van der Waals surface area (Å²) in [4.78, 5) is 19.6. The predicted molar refractivity (Wildman–Crippen MR) is 59.5 cm³/mol. The number of amides is 2. The number of ether oxygens (including phenoxy) is 1. The monoisotopic (exact) mass is 244 g/mol. The normalized spacial score (nSPS) is 8.82. The molecule has 0 radical (unpaired) electrons. The van der Waals surface area contributed by atoms with Crippen molar-refractivity contribution in [2.45, 2.75) is 6.92 Å². The van der Waals surface area contributed by atoms with Crippen LogP contribution in [-0.2, 0) is 11.8 Å². The first-order valence-electron chi connectivity index (χ1n) is 4.77. The molecule has 0 saturated heterocycles. The van der Waals surface area contributed by atoms with E-state index in [4.69, 9.17) is 5.11 Å². The number of carbonyl (C=O) groups excluding carboxylic acids is 1. The van der Waals surface area contributed by atoms with Crippen molar-refractivity contribution in [2.75, 3.05) is 13.2 Å². The minimum absolute atomic E-state index is 0.0400. The highest BCUT2D eigenvalue weighted by atomic mass is 16.5. The first kappa shape index (κ1) is 14.8. The lowest BCUT2D eigenvalue weighted by molar-refractivity contribution is 0.153. The Bertz CT molecular complexity index is 331. The Labute approximate surface area is 98.4 Å². The summed E-state index contributed by atoms with van der Waals surface area (Å²) < 4.78 is 5.99. The van der Waals surface area contributed by atoms with Crippen LogP contribution in [0.4, 0.5) is 9.59 Å². The van der Waals surface area contributed by atoms with E-state index >= 15 is 0 Å². The summed E-state index contributed by atoms with van der Waals surface area (Å²) in [5.74, 6) is 0. The smallest absolute Gasteiger partial charge is 0.404 e. The predicted octanol–water partition coefficient (Wildman–Crippen LogP) is 0.0778. The van der Waals surface area contributed by atoms with E-state index in [0.29, 0.717) is 0 Å². The molecule has 0 spiro atoms. The Morgan fingerprint density at radius 3 is 2.59 bits per heavy atom. The summed E-state index contributed by atoms with van der Waals surface area (Å²) in [5.41, 5.74) is 5.64. The molecule has 1 aromatic rings. The number of hydrogen-bond acceptors (Lipinski definition) is 4. The molecule has 0 bridgehead atoms. The molecule has 4 N–H and O–H groups in total. The summed E-state index contributed by atoms with van der Waals surface area (Å²) >= 11 is 0. The van der Waals surface area contributed by atoms with Gasteiger partial charge in [0.2, 0.25) is 0 Å². The molecular weight excluding hydrogens is 228 g/mol. The number of nitrogens with two attached hydrogens (primary N) is 1. The van der Waals surface area contributed by atoms with Crippen LogP contribution < -0.4 is 11.1 Å². The number of carbonyl (C=O) groups is 2. The lowest BCUT2D eigenvalue weighted by atomic mass is 10.5. The minimum atomic E-state index is -1.16. The number of nitrogens with zero attached hydrogens (tertiary/aromatic N) is 2. The first-order chi connectivity index (χ1) is 7.91. The van der Waals surface area contributed by atoms with Crippen LogP contribution in [0.1, 0.15) is 5.69 Å². The van der Waals surface area contributed by atoms with Crippen molar-refractivity contribution < 1.29 is 19.4 Å². The third kappa shape index (κ3) is 10.0. The van der Waals surface area contributed by atoms with Crippen LogP contribution in [0.25, 0.3) is 0 Å². The van der Waals surface area contributed by atoms with Gasteiger partial charge in [0.1, 0.15) is 6.61 Å². The SMILES string of the molecule is Cc1ccn(C)n1.NC(=O)OCCNC(=O)O. The van der Waals surface area contributed by atoms with Gasteiger partial charge in [0.05, 0.1) is 12.2 Å². The number of nitrogens with one attached hydrogen (secondary N) is 1. The van der Waals surface area contributed by atoms with E-state index in [-0.39, 0.29) is 13.2 Å². The number of rotatable bonds is 3. The van der Waals surface area contributed by atoms with Crippen molar-refractivity contribution in [1.82, 2.24) is 15.1 Å². The Morgan fingerprint density at radius 1 is 1.65 bits per heavy atom. The molecule has 2 amide bonds. The van der Waals surface area contributed by atoms with Gasteiger partial charge in [-0.25, -0.2) is 9.59 Å². The van der Waals surface area contributed by atoms with Crippen LogP contribution in [0.15, 0.2) is 12.3 Å². The molecule has 96 valence electrons. The van der Waals surface area contributed by atoms with Crippen molar-refractivity contribution in [3.63, 3.8) is 0 Å². The second kappa shape index (κ2) is 7.97. The summed E-state index contributed by atoms with van der Waals surface area (Å²) in [5, 5.41) is 14.0. The molecule has 0 saturated carbocycles. The van der Waals surface area contributed by atoms with E-state index < -0.39 is 12.2 Å². The van der Waals surface area contributed by atoms with Crippen LogP contribution >= 0.6 is 0 Å².